The van der Waals surface area contributed by atoms with Crippen molar-refractivity contribution < 1.29 is 32.9 Å². The Balaban J connectivity index is 1.98. The number of nitrogens with one attached hydrogen (secondary N) is 1. The van der Waals surface area contributed by atoms with Gasteiger partial charge in [0, 0.05) is 28.3 Å². The number of aliphatic hydroxyl groups is 1. The molecule has 2 unspecified atom stereocenters. The molecule has 0 spiro atoms. The molecule has 0 bridgehead atoms. The van der Waals surface area contributed by atoms with Crippen molar-refractivity contribution in [2.75, 3.05) is 0 Å². The first-order chi connectivity index (χ1) is 15.8. The summed E-state index contributed by atoms with van der Waals surface area (Å²) in [6.07, 6.45) is -4.28. The standard InChI is InChI=1S/C23H18Cl2F3NO5/c1-11-7-14(10-29-20(11)30)22(33,23(26,27)28)12(2)16-5-4-15(9-17(16)24)34-19-6-3-13(21(31)32)8-18(19)25/h3-10,12,33H,1-2H3,(H,29,30)(H,31,32). The molecule has 0 radical (unpaired) electrons. The van der Waals surface area contributed by atoms with Crippen molar-refractivity contribution in [2.24, 2.45) is 0 Å². The van der Waals surface area contributed by atoms with Crippen molar-refractivity contribution in [2.45, 2.75) is 31.5 Å². The van der Waals surface area contributed by atoms with Gasteiger partial charge in [0.2, 0.25) is 0 Å². The second kappa shape index (κ2) is 9.32. The van der Waals surface area contributed by atoms with E-state index in [1.165, 1.54) is 43.3 Å². The van der Waals surface area contributed by atoms with Crippen molar-refractivity contribution in [1.29, 1.82) is 0 Å². The van der Waals surface area contributed by atoms with Gasteiger partial charge in [-0.3, -0.25) is 4.79 Å². The second-order valence-corrected chi connectivity index (χ2v) is 8.44. The van der Waals surface area contributed by atoms with Crippen LogP contribution < -0.4 is 10.3 Å². The molecule has 11 heteroatoms. The maximum Gasteiger partial charge on any atom is 0.422 e. The summed E-state index contributed by atoms with van der Waals surface area (Å²) in [6, 6.07) is 8.65. The van der Waals surface area contributed by atoms with Crippen LogP contribution in [-0.2, 0) is 5.60 Å². The van der Waals surface area contributed by atoms with E-state index in [0.29, 0.717) is 0 Å². The van der Waals surface area contributed by atoms with Crippen LogP contribution in [0.4, 0.5) is 13.2 Å². The Hall–Kier alpha value is -3.01. The van der Waals surface area contributed by atoms with E-state index >= 15 is 0 Å². The van der Waals surface area contributed by atoms with Gasteiger partial charge >= 0.3 is 12.1 Å². The average Bonchev–Trinajstić information content (AvgIpc) is 2.75. The SMILES string of the molecule is Cc1cc(C(O)(C(C)c2ccc(Oc3ccc(C(=O)O)cc3Cl)cc2Cl)C(F)(F)F)c[nH]c1=O. The number of alkyl halides is 3. The smallest absolute Gasteiger partial charge is 0.422 e. The Kier molecular flexibility index (Phi) is 7.02. The predicted octanol–water partition coefficient (Wildman–Crippen LogP) is 6.03. The van der Waals surface area contributed by atoms with E-state index in [1.54, 1.807) is 0 Å². The van der Waals surface area contributed by atoms with E-state index in [9.17, 15) is 27.9 Å². The van der Waals surface area contributed by atoms with Crippen molar-refractivity contribution >= 4 is 29.2 Å². The Bertz CT molecular complexity index is 1310. The number of rotatable bonds is 6. The van der Waals surface area contributed by atoms with Crippen LogP contribution in [0.3, 0.4) is 0 Å². The first-order valence-electron chi connectivity index (χ1n) is 9.74. The lowest BCUT2D eigenvalue weighted by Crippen LogP contribution is -2.47. The van der Waals surface area contributed by atoms with Crippen molar-refractivity contribution in [3.05, 3.63) is 91.3 Å². The molecule has 1 heterocycles. The average molecular weight is 516 g/mol. The van der Waals surface area contributed by atoms with Gasteiger partial charge in [0.25, 0.3) is 5.56 Å². The van der Waals surface area contributed by atoms with Crippen LogP contribution >= 0.6 is 23.2 Å². The zero-order valence-corrected chi connectivity index (χ0v) is 19.2. The van der Waals surface area contributed by atoms with Gasteiger partial charge in [-0.2, -0.15) is 13.2 Å². The number of ether oxygens (including phenoxy) is 1. The molecule has 3 rings (SSSR count). The van der Waals surface area contributed by atoms with Gasteiger partial charge in [0.15, 0.2) is 5.60 Å². The third-order valence-corrected chi connectivity index (χ3v) is 6.06. The van der Waals surface area contributed by atoms with Crippen LogP contribution in [0.5, 0.6) is 11.5 Å². The first kappa shape index (κ1) is 25.6. The molecular weight excluding hydrogens is 498 g/mol. The molecule has 0 saturated heterocycles. The molecule has 0 saturated carbocycles. The zero-order valence-electron chi connectivity index (χ0n) is 17.7. The van der Waals surface area contributed by atoms with E-state index in [0.717, 1.165) is 19.2 Å². The van der Waals surface area contributed by atoms with Crippen molar-refractivity contribution in [3.63, 3.8) is 0 Å². The predicted molar refractivity (Wildman–Crippen MR) is 120 cm³/mol. The van der Waals surface area contributed by atoms with Crippen LogP contribution in [0.2, 0.25) is 10.0 Å². The van der Waals surface area contributed by atoms with Crippen molar-refractivity contribution in [3.8, 4) is 11.5 Å². The van der Waals surface area contributed by atoms with Gasteiger partial charge in [0.1, 0.15) is 11.5 Å². The molecule has 0 aliphatic rings. The Morgan fingerprint density at radius 2 is 1.76 bits per heavy atom. The number of aromatic carboxylic acids is 1. The number of H-pyrrole nitrogens is 1. The monoisotopic (exact) mass is 515 g/mol. The number of benzene rings is 2. The van der Waals surface area contributed by atoms with E-state index in [-0.39, 0.29) is 38.2 Å². The molecule has 34 heavy (non-hydrogen) atoms. The molecule has 2 atom stereocenters. The van der Waals surface area contributed by atoms with Crippen LogP contribution in [0.1, 0.15) is 39.9 Å². The third kappa shape index (κ3) is 4.77. The number of hydrogen-bond donors (Lipinski definition) is 3. The van der Waals surface area contributed by atoms with E-state index in [4.69, 9.17) is 33.0 Å². The van der Waals surface area contributed by atoms with Gasteiger partial charge in [0.05, 0.1) is 10.6 Å². The molecule has 180 valence electrons. The van der Waals surface area contributed by atoms with Gasteiger partial charge in [-0.15, -0.1) is 0 Å². The Morgan fingerprint density at radius 3 is 2.29 bits per heavy atom. The van der Waals surface area contributed by atoms with Crippen LogP contribution in [-0.4, -0.2) is 27.3 Å². The quantitative estimate of drug-likeness (QED) is 0.372. The lowest BCUT2D eigenvalue weighted by atomic mass is 9.78. The molecular formula is C23H18Cl2F3NO5. The molecule has 2 aromatic carbocycles. The van der Waals surface area contributed by atoms with Gasteiger partial charge in [-0.25, -0.2) is 4.79 Å². The number of aromatic amines is 1. The van der Waals surface area contributed by atoms with Crippen LogP contribution in [0, 0.1) is 6.92 Å². The number of carbonyl (C=O) groups is 1. The van der Waals surface area contributed by atoms with E-state index in [2.05, 4.69) is 4.98 Å². The molecule has 1 aromatic heterocycles. The minimum atomic E-state index is -5.10. The maximum absolute atomic E-state index is 14.1. The normalized spacial score (nSPS) is 14.4. The second-order valence-electron chi connectivity index (χ2n) is 7.62. The van der Waals surface area contributed by atoms with Crippen LogP contribution in [0.15, 0.2) is 53.5 Å². The summed E-state index contributed by atoms with van der Waals surface area (Å²) in [5.41, 5.74) is -4.53. The highest BCUT2D eigenvalue weighted by Gasteiger charge is 2.59. The Morgan fingerprint density at radius 1 is 1.09 bits per heavy atom. The zero-order chi connectivity index (χ0) is 25.4. The summed E-state index contributed by atoms with van der Waals surface area (Å²) in [5, 5.41) is 19.8. The molecule has 0 amide bonds. The van der Waals surface area contributed by atoms with E-state index in [1.807, 2.05) is 0 Å². The molecule has 6 nitrogen and oxygen atoms in total. The molecule has 0 fully saturated rings. The number of pyridine rings is 1. The fraction of sp³-hybridized carbons (Fsp3) is 0.217. The summed E-state index contributed by atoms with van der Waals surface area (Å²) in [7, 11) is 0. The number of carboxylic acid groups (broad SMARTS) is 1. The van der Waals surface area contributed by atoms with Crippen molar-refractivity contribution in [1.82, 2.24) is 4.98 Å². The number of carboxylic acids is 1. The molecule has 3 aromatic rings. The largest absolute Gasteiger partial charge is 0.478 e. The minimum Gasteiger partial charge on any atom is -0.478 e. The molecule has 3 N–H and O–H groups in total. The first-order valence-corrected chi connectivity index (χ1v) is 10.5. The fourth-order valence-corrected chi connectivity index (χ4v) is 4.02. The number of halogens is 5. The molecule has 0 aliphatic carbocycles. The lowest BCUT2D eigenvalue weighted by Gasteiger charge is -2.37. The van der Waals surface area contributed by atoms with Crippen LogP contribution in [0.25, 0.3) is 0 Å². The summed E-state index contributed by atoms with van der Waals surface area (Å²) >= 11 is 12.3. The lowest BCUT2D eigenvalue weighted by molar-refractivity contribution is -0.274. The number of aryl methyl sites for hydroxylation is 1. The van der Waals surface area contributed by atoms with Gasteiger partial charge in [-0.05, 0) is 48.9 Å². The maximum atomic E-state index is 14.1. The summed E-state index contributed by atoms with van der Waals surface area (Å²) < 4.78 is 48.0. The topological polar surface area (TPSA) is 99.6 Å². The third-order valence-electron chi connectivity index (χ3n) is 5.43. The van der Waals surface area contributed by atoms with Gasteiger partial charge < -0.3 is 19.9 Å². The van der Waals surface area contributed by atoms with E-state index < -0.39 is 34.8 Å². The summed E-state index contributed by atoms with van der Waals surface area (Å²) in [6.45, 7) is 2.49. The highest BCUT2D eigenvalue weighted by Crippen LogP contribution is 2.50. The highest BCUT2D eigenvalue weighted by molar-refractivity contribution is 6.32. The minimum absolute atomic E-state index is 0.00742. The fourth-order valence-electron chi connectivity index (χ4n) is 3.47. The molecule has 0 aliphatic heterocycles. The highest BCUT2D eigenvalue weighted by atomic mass is 35.5. The summed E-state index contributed by atoms with van der Waals surface area (Å²) in [4.78, 5) is 24.8. The number of aromatic nitrogens is 1. The van der Waals surface area contributed by atoms with Gasteiger partial charge in [-0.1, -0.05) is 36.2 Å². The number of hydrogen-bond acceptors (Lipinski definition) is 4. The Labute approximate surface area is 201 Å². The summed E-state index contributed by atoms with van der Waals surface area (Å²) in [5.74, 6) is -2.51.